The third-order valence-corrected chi connectivity index (χ3v) is 1.69. The number of carbonyl (C=O) groups excluding carboxylic acids is 1. The van der Waals surface area contributed by atoms with Crippen LogP contribution in [-0.2, 0) is 9.59 Å². The molecular formula is C5H5ClO3S. The molecule has 5 heteroatoms. The van der Waals surface area contributed by atoms with Gasteiger partial charge in [-0.1, -0.05) is 11.6 Å². The minimum Gasteiger partial charge on any atom is -0.477 e. The Bertz CT molecular complexity index is 166. The first-order chi connectivity index (χ1) is 4.68. The Hall–Kier alpha value is -0.480. The molecule has 1 N–H and O–H groups in total. The van der Waals surface area contributed by atoms with Crippen LogP contribution in [0.1, 0.15) is 0 Å². The van der Waals surface area contributed by atoms with Crippen LogP contribution in [0.4, 0.5) is 0 Å². The zero-order valence-corrected chi connectivity index (χ0v) is 6.48. The predicted octanol–water partition coefficient (Wildman–Crippen LogP) is 1.08. The summed E-state index contributed by atoms with van der Waals surface area (Å²) in [6.07, 6.45) is 0.674. The topological polar surface area (TPSA) is 54.4 Å². The Labute approximate surface area is 67.1 Å². The van der Waals surface area contributed by atoms with Gasteiger partial charge in [0.25, 0.3) is 0 Å². The van der Waals surface area contributed by atoms with Gasteiger partial charge >= 0.3 is 5.97 Å². The van der Waals surface area contributed by atoms with E-state index in [4.69, 9.17) is 16.7 Å². The second-order valence-electron chi connectivity index (χ2n) is 1.27. The number of hydrogen-bond acceptors (Lipinski definition) is 3. The highest BCUT2D eigenvalue weighted by Crippen LogP contribution is 2.09. The van der Waals surface area contributed by atoms with Crippen LogP contribution in [0, 0.1) is 0 Å². The second kappa shape index (κ2) is 5.32. The molecule has 3 nitrogen and oxygen atoms in total. The highest BCUT2D eigenvalue weighted by molar-refractivity contribution is 8.02. The normalized spacial score (nSPS) is 11.1. The fraction of sp³-hybridized carbons (Fsp3) is 0.200. The number of carboxylic acid groups (broad SMARTS) is 1. The van der Waals surface area contributed by atoms with Crippen LogP contribution in [-0.4, -0.2) is 23.1 Å². The van der Waals surface area contributed by atoms with Crippen LogP contribution in [0.2, 0.25) is 0 Å². The molecule has 0 heterocycles. The minimum atomic E-state index is -1.18. The molecular weight excluding hydrogens is 176 g/mol. The number of carbonyl (C=O) groups is 2. The van der Waals surface area contributed by atoms with Crippen LogP contribution in [0.25, 0.3) is 0 Å². The highest BCUT2D eigenvalue weighted by Gasteiger charge is 2.00. The molecule has 0 aliphatic heterocycles. The fourth-order valence-electron chi connectivity index (χ4n) is 0.211. The first kappa shape index (κ1) is 9.52. The van der Waals surface area contributed by atoms with Crippen molar-refractivity contribution in [3.05, 3.63) is 10.4 Å². The lowest BCUT2D eigenvalue weighted by Crippen LogP contribution is -1.92. The summed E-state index contributed by atoms with van der Waals surface area (Å²) in [5, 5.41) is 9.13. The molecule has 0 aliphatic carbocycles. The molecule has 0 bridgehead atoms. The van der Waals surface area contributed by atoms with Gasteiger partial charge in [0.15, 0.2) is 0 Å². The van der Waals surface area contributed by atoms with E-state index >= 15 is 0 Å². The molecule has 0 atom stereocenters. The van der Waals surface area contributed by atoms with E-state index < -0.39 is 5.97 Å². The van der Waals surface area contributed by atoms with E-state index in [0.29, 0.717) is 6.29 Å². The molecule has 0 aromatic rings. The molecule has 0 rings (SSSR count). The molecule has 0 radical (unpaired) electrons. The largest absolute Gasteiger partial charge is 0.477 e. The van der Waals surface area contributed by atoms with Gasteiger partial charge in [-0.15, -0.1) is 11.8 Å². The molecule has 0 amide bonds. The van der Waals surface area contributed by atoms with Gasteiger partial charge in [-0.25, -0.2) is 4.79 Å². The van der Waals surface area contributed by atoms with E-state index in [1.807, 2.05) is 0 Å². The number of aldehydes is 1. The quantitative estimate of drug-likeness (QED) is 0.400. The van der Waals surface area contributed by atoms with E-state index in [2.05, 4.69) is 0 Å². The first-order valence-electron chi connectivity index (χ1n) is 2.32. The molecule has 0 fully saturated rings. The monoisotopic (exact) mass is 180 g/mol. The summed E-state index contributed by atoms with van der Waals surface area (Å²) in [5.41, 5.74) is 0. The molecule has 0 aliphatic rings. The summed E-state index contributed by atoms with van der Waals surface area (Å²) in [6.45, 7) is 0. The van der Waals surface area contributed by atoms with Crippen LogP contribution < -0.4 is 0 Å². The number of rotatable bonds is 4. The van der Waals surface area contributed by atoms with E-state index in [1.165, 1.54) is 5.41 Å². The zero-order chi connectivity index (χ0) is 7.98. The smallest absolute Gasteiger partial charge is 0.347 e. The number of hydrogen-bond donors (Lipinski definition) is 1. The third-order valence-electron chi connectivity index (χ3n) is 0.555. The average molecular weight is 181 g/mol. The van der Waals surface area contributed by atoms with Crippen molar-refractivity contribution in [2.24, 2.45) is 0 Å². The second-order valence-corrected chi connectivity index (χ2v) is 2.58. The van der Waals surface area contributed by atoms with Crippen molar-refractivity contribution < 1.29 is 14.7 Å². The van der Waals surface area contributed by atoms with Crippen molar-refractivity contribution in [3.8, 4) is 0 Å². The highest BCUT2D eigenvalue weighted by atomic mass is 35.5. The number of aliphatic carboxylic acids is 1. The Kier molecular flexibility index (Phi) is 5.06. The van der Waals surface area contributed by atoms with E-state index in [9.17, 15) is 9.59 Å². The Morgan fingerprint density at radius 3 is 2.70 bits per heavy atom. The molecule has 0 aromatic carbocycles. The SMILES string of the molecule is O=CCSC=C(Cl)C(=O)O. The summed E-state index contributed by atoms with van der Waals surface area (Å²) >= 11 is 6.22. The fourth-order valence-corrected chi connectivity index (χ4v) is 0.822. The van der Waals surface area contributed by atoms with Crippen molar-refractivity contribution in [2.45, 2.75) is 0 Å². The van der Waals surface area contributed by atoms with Gasteiger partial charge in [-0.2, -0.15) is 0 Å². The summed E-state index contributed by atoms with van der Waals surface area (Å²) < 4.78 is 0. The lowest BCUT2D eigenvalue weighted by Gasteiger charge is -1.86. The van der Waals surface area contributed by atoms with Gasteiger partial charge in [-0.05, 0) is 5.41 Å². The molecule has 0 saturated heterocycles. The van der Waals surface area contributed by atoms with Crippen LogP contribution in [0.15, 0.2) is 10.4 Å². The van der Waals surface area contributed by atoms with Crippen molar-refractivity contribution in [1.82, 2.24) is 0 Å². The van der Waals surface area contributed by atoms with Crippen molar-refractivity contribution in [3.63, 3.8) is 0 Å². The van der Waals surface area contributed by atoms with Crippen molar-refractivity contribution >= 4 is 35.6 Å². The molecule has 0 aromatic heterocycles. The third kappa shape index (κ3) is 4.40. The predicted molar refractivity (Wildman–Crippen MR) is 40.1 cm³/mol. The van der Waals surface area contributed by atoms with Gasteiger partial charge < -0.3 is 9.90 Å². The number of thioether (sulfide) groups is 1. The Morgan fingerprint density at radius 2 is 2.30 bits per heavy atom. The summed E-state index contributed by atoms with van der Waals surface area (Å²) in [7, 11) is 0. The average Bonchev–Trinajstić information content (AvgIpc) is 1.88. The van der Waals surface area contributed by atoms with E-state index in [0.717, 1.165) is 11.8 Å². The first-order valence-corrected chi connectivity index (χ1v) is 3.75. The summed E-state index contributed by atoms with van der Waals surface area (Å²) in [6, 6.07) is 0. The van der Waals surface area contributed by atoms with Gasteiger partial charge in [-0.3, -0.25) is 0 Å². The number of halogens is 1. The molecule has 0 saturated carbocycles. The Morgan fingerprint density at radius 1 is 1.70 bits per heavy atom. The summed E-state index contributed by atoms with van der Waals surface area (Å²) in [4.78, 5) is 19.7. The summed E-state index contributed by atoms with van der Waals surface area (Å²) in [5.74, 6) is -0.955. The van der Waals surface area contributed by atoms with Crippen molar-refractivity contribution in [2.75, 3.05) is 5.75 Å². The van der Waals surface area contributed by atoms with Crippen LogP contribution in [0.5, 0.6) is 0 Å². The van der Waals surface area contributed by atoms with Crippen LogP contribution in [0.3, 0.4) is 0 Å². The minimum absolute atomic E-state index is 0.226. The number of carboxylic acids is 1. The molecule has 10 heavy (non-hydrogen) atoms. The molecule has 56 valence electrons. The van der Waals surface area contributed by atoms with Gasteiger partial charge in [0.05, 0.1) is 5.75 Å². The maximum atomic E-state index is 9.99. The van der Waals surface area contributed by atoms with Gasteiger partial charge in [0.1, 0.15) is 11.3 Å². The lowest BCUT2D eigenvalue weighted by atomic mass is 10.7. The lowest BCUT2D eigenvalue weighted by molar-refractivity contribution is -0.131. The molecule has 0 spiro atoms. The van der Waals surface area contributed by atoms with Gasteiger partial charge in [0.2, 0.25) is 0 Å². The van der Waals surface area contributed by atoms with E-state index in [1.54, 1.807) is 0 Å². The maximum absolute atomic E-state index is 9.99. The van der Waals surface area contributed by atoms with E-state index in [-0.39, 0.29) is 10.8 Å². The zero-order valence-electron chi connectivity index (χ0n) is 4.91. The maximum Gasteiger partial charge on any atom is 0.347 e. The van der Waals surface area contributed by atoms with Crippen molar-refractivity contribution in [1.29, 1.82) is 0 Å². The molecule has 0 unspecified atom stereocenters. The van der Waals surface area contributed by atoms with Gasteiger partial charge in [0, 0.05) is 0 Å². The Balaban J connectivity index is 3.68. The van der Waals surface area contributed by atoms with Crippen LogP contribution >= 0.6 is 23.4 Å². The standard InChI is InChI=1S/C5H5ClO3S/c6-4(5(8)9)3-10-2-1-7/h1,3H,2H2,(H,8,9).